The van der Waals surface area contributed by atoms with Crippen molar-refractivity contribution in [3.8, 4) is 0 Å². The summed E-state index contributed by atoms with van der Waals surface area (Å²) in [6, 6.07) is 0. The SMILES string of the molecule is CC1C(C)(C(=O)I)C12CC2(C)OC(C)(C)C. The number of carbonyl (C=O) groups excluding carboxylic acids is 1. The van der Waals surface area contributed by atoms with Crippen molar-refractivity contribution in [2.24, 2.45) is 16.7 Å². The van der Waals surface area contributed by atoms with E-state index < -0.39 is 0 Å². The summed E-state index contributed by atoms with van der Waals surface area (Å²) < 4.78 is 6.46. The summed E-state index contributed by atoms with van der Waals surface area (Å²) in [5.74, 6) is 0.455. The van der Waals surface area contributed by atoms with Crippen LogP contribution in [0.25, 0.3) is 0 Å². The van der Waals surface area contributed by atoms with Gasteiger partial charge < -0.3 is 4.74 Å². The van der Waals surface area contributed by atoms with Crippen molar-refractivity contribution < 1.29 is 9.53 Å². The first kappa shape index (κ1) is 12.8. The molecule has 0 aliphatic heterocycles. The fourth-order valence-electron chi connectivity index (χ4n) is 3.91. The largest absolute Gasteiger partial charge is 0.369 e. The molecule has 16 heavy (non-hydrogen) atoms. The second kappa shape index (κ2) is 3.02. The van der Waals surface area contributed by atoms with Crippen LogP contribution in [0.3, 0.4) is 0 Å². The van der Waals surface area contributed by atoms with Crippen molar-refractivity contribution in [1.82, 2.24) is 0 Å². The number of ether oxygens (including phenoxy) is 1. The highest BCUT2D eigenvalue weighted by atomic mass is 127. The van der Waals surface area contributed by atoms with Crippen molar-refractivity contribution in [2.45, 2.75) is 59.2 Å². The molecule has 3 heteroatoms. The third-order valence-corrected chi connectivity index (χ3v) is 5.94. The van der Waals surface area contributed by atoms with Crippen LogP contribution in [0.5, 0.6) is 0 Å². The fourth-order valence-corrected chi connectivity index (χ4v) is 4.86. The first-order valence-corrected chi connectivity index (χ1v) is 6.99. The summed E-state index contributed by atoms with van der Waals surface area (Å²) in [5, 5.41) is 0. The van der Waals surface area contributed by atoms with Crippen LogP contribution < -0.4 is 0 Å². The molecule has 4 atom stereocenters. The maximum atomic E-state index is 11.8. The summed E-state index contributed by atoms with van der Waals surface area (Å²) >= 11 is 1.95. The number of rotatable bonds is 2. The van der Waals surface area contributed by atoms with Crippen molar-refractivity contribution in [3.05, 3.63) is 0 Å². The molecule has 0 heterocycles. The minimum Gasteiger partial charge on any atom is -0.369 e. The Labute approximate surface area is 112 Å². The Morgan fingerprint density at radius 1 is 1.38 bits per heavy atom. The average molecular weight is 336 g/mol. The van der Waals surface area contributed by atoms with Gasteiger partial charge in [-0.05, 0) is 40.0 Å². The van der Waals surface area contributed by atoms with Gasteiger partial charge in [0, 0.05) is 33.4 Å². The van der Waals surface area contributed by atoms with Gasteiger partial charge in [-0.25, -0.2) is 0 Å². The lowest BCUT2D eigenvalue weighted by atomic mass is 10.0. The number of hydrogen-bond donors (Lipinski definition) is 0. The molecule has 92 valence electrons. The zero-order valence-electron chi connectivity index (χ0n) is 11.0. The molecule has 2 saturated carbocycles. The van der Waals surface area contributed by atoms with Crippen LogP contribution in [0.1, 0.15) is 48.0 Å². The van der Waals surface area contributed by atoms with Crippen LogP contribution in [-0.4, -0.2) is 15.0 Å². The first-order chi connectivity index (χ1) is 7.01. The minimum absolute atomic E-state index is 0.0970. The van der Waals surface area contributed by atoms with Gasteiger partial charge in [-0.2, -0.15) is 0 Å². The molecule has 0 amide bonds. The van der Waals surface area contributed by atoms with E-state index >= 15 is 0 Å². The smallest absolute Gasteiger partial charge is 0.199 e. The molecule has 0 aromatic carbocycles. The van der Waals surface area contributed by atoms with Gasteiger partial charge in [0.1, 0.15) is 0 Å². The molecule has 0 radical (unpaired) electrons. The molecule has 0 saturated heterocycles. The van der Waals surface area contributed by atoms with E-state index in [2.05, 4.69) is 41.5 Å². The van der Waals surface area contributed by atoms with E-state index in [0.717, 1.165) is 6.42 Å². The molecule has 2 aliphatic carbocycles. The normalized spacial score (nSPS) is 50.6. The average Bonchev–Trinajstić information content (AvgIpc) is 2.78. The van der Waals surface area contributed by atoms with Gasteiger partial charge in [0.2, 0.25) is 0 Å². The predicted octanol–water partition coefficient (Wildman–Crippen LogP) is 3.57. The van der Waals surface area contributed by atoms with E-state index in [4.69, 9.17) is 4.74 Å². The highest BCUT2D eigenvalue weighted by Crippen LogP contribution is 2.88. The van der Waals surface area contributed by atoms with Crippen LogP contribution in [0.4, 0.5) is 0 Å². The molecule has 4 unspecified atom stereocenters. The Bertz CT molecular complexity index is 359. The highest BCUT2D eigenvalue weighted by Gasteiger charge is 2.91. The molecule has 1 spiro atoms. The molecular weight excluding hydrogens is 315 g/mol. The molecule has 0 aromatic heterocycles. The van der Waals surface area contributed by atoms with Crippen LogP contribution in [0.15, 0.2) is 0 Å². The Kier molecular flexibility index (Phi) is 2.42. The molecule has 2 rings (SSSR count). The van der Waals surface area contributed by atoms with E-state index in [1.807, 2.05) is 22.6 Å². The third kappa shape index (κ3) is 1.30. The minimum atomic E-state index is -0.159. The maximum absolute atomic E-state index is 11.8. The van der Waals surface area contributed by atoms with Gasteiger partial charge in [-0.1, -0.05) is 13.8 Å². The van der Waals surface area contributed by atoms with E-state index in [1.54, 1.807) is 0 Å². The van der Waals surface area contributed by atoms with E-state index in [-0.39, 0.29) is 22.0 Å². The van der Waals surface area contributed by atoms with Gasteiger partial charge in [0.15, 0.2) is 3.79 Å². The molecule has 0 bridgehead atoms. The zero-order chi connectivity index (χ0) is 12.6. The Morgan fingerprint density at radius 2 is 1.88 bits per heavy atom. The van der Waals surface area contributed by atoms with Gasteiger partial charge in [0.25, 0.3) is 0 Å². The Hall–Kier alpha value is 0.360. The second-order valence-corrected chi connectivity index (χ2v) is 7.77. The summed E-state index contributed by atoms with van der Waals surface area (Å²) in [4.78, 5) is 11.8. The van der Waals surface area contributed by atoms with Crippen LogP contribution in [0.2, 0.25) is 0 Å². The van der Waals surface area contributed by atoms with Gasteiger partial charge >= 0.3 is 0 Å². The standard InChI is InChI=1S/C13H21IO2/c1-8-12(6,9(14)15)13(8)7-11(13,5)16-10(2,3)4/h8H,7H2,1-6H3. The molecule has 2 fully saturated rings. The van der Waals surface area contributed by atoms with Crippen molar-refractivity contribution >= 4 is 26.4 Å². The lowest BCUT2D eigenvalue weighted by molar-refractivity contribution is -0.116. The zero-order valence-corrected chi connectivity index (χ0v) is 13.1. The van der Waals surface area contributed by atoms with Crippen LogP contribution in [-0.2, 0) is 9.53 Å². The van der Waals surface area contributed by atoms with E-state index in [1.165, 1.54) is 0 Å². The van der Waals surface area contributed by atoms with Gasteiger partial charge in [0.05, 0.1) is 11.2 Å². The molecular formula is C13H21IO2. The second-order valence-electron chi connectivity index (χ2n) is 6.79. The third-order valence-electron chi connectivity index (χ3n) is 4.82. The summed E-state index contributed by atoms with van der Waals surface area (Å²) in [6.45, 7) is 12.7. The maximum Gasteiger partial charge on any atom is 0.199 e. The molecule has 2 aliphatic rings. The fraction of sp³-hybridized carbons (Fsp3) is 0.923. The number of halogens is 1. The molecule has 0 N–H and O–H groups in total. The summed E-state index contributed by atoms with van der Waals surface area (Å²) in [7, 11) is 0. The van der Waals surface area contributed by atoms with Crippen LogP contribution in [0, 0.1) is 16.7 Å². The van der Waals surface area contributed by atoms with E-state index in [9.17, 15) is 4.79 Å². The predicted molar refractivity (Wildman–Crippen MR) is 72.6 cm³/mol. The van der Waals surface area contributed by atoms with Gasteiger partial charge in [-0.15, -0.1) is 0 Å². The van der Waals surface area contributed by atoms with Crippen molar-refractivity contribution in [3.63, 3.8) is 0 Å². The van der Waals surface area contributed by atoms with E-state index in [0.29, 0.717) is 9.71 Å². The first-order valence-electron chi connectivity index (χ1n) is 5.91. The number of hydrogen-bond acceptors (Lipinski definition) is 2. The Balaban J connectivity index is 2.20. The molecule has 2 nitrogen and oxygen atoms in total. The summed E-state index contributed by atoms with van der Waals surface area (Å²) in [6.07, 6.45) is 1.03. The lowest BCUT2D eigenvalue weighted by Gasteiger charge is -2.26. The van der Waals surface area contributed by atoms with Crippen molar-refractivity contribution in [1.29, 1.82) is 0 Å². The molecule has 0 aromatic rings. The van der Waals surface area contributed by atoms with Crippen LogP contribution >= 0.6 is 22.6 Å². The van der Waals surface area contributed by atoms with Gasteiger partial charge in [-0.3, -0.25) is 4.79 Å². The Morgan fingerprint density at radius 3 is 2.19 bits per heavy atom. The summed E-state index contributed by atoms with van der Waals surface area (Å²) in [5.41, 5.74) is -0.269. The number of carbonyl (C=O) groups is 1. The lowest BCUT2D eigenvalue weighted by Crippen LogP contribution is -2.30. The quantitative estimate of drug-likeness (QED) is 0.569. The highest BCUT2D eigenvalue weighted by molar-refractivity contribution is 14.1. The topological polar surface area (TPSA) is 26.3 Å². The van der Waals surface area contributed by atoms with Crippen molar-refractivity contribution in [2.75, 3.05) is 0 Å². The monoisotopic (exact) mass is 336 g/mol.